The van der Waals surface area contributed by atoms with Gasteiger partial charge in [-0.1, -0.05) is 13.8 Å². The summed E-state index contributed by atoms with van der Waals surface area (Å²) in [5, 5.41) is 3.00. The fourth-order valence-electron chi connectivity index (χ4n) is 2.41. The molecule has 0 bridgehead atoms. The molecular weight excluding hydrogens is 266 g/mol. The van der Waals surface area contributed by atoms with E-state index in [1.807, 2.05) is 13.2 Å². The van der Waals surface area contributed by atoms with Gasteiger partial charge in [-0.15, -0.1) is 0 Å². The van der Waals surface area contributed by atoms with E-state index in [9.17, 15) is 0 Å². The van der Waals surface area contributed by atoms with Crippen LogP contribution in [-0.4, -0.2) is 44.6 Å². The SMILES string of the molecule is CNc1nc(N2CCC(C)(C)CC2)nc(-n2ccnc2)n1. The number of anilines is 2. The minimum atomic E-state index is 0.405. The fraction of sp³-hybridized carbons (Fsp3) is 0.571. The molecule has 2 aromatic heterocycles. The van der Waals surface area contributed by atoms with Gasteiger partial charge in [0, 0.05) is 32.5 Å². The molecule has 0 radical (unpaired) electrons. The van der Waals surface area contributed by atoms with Gasteiger partial charge in [0.05, 0.1) is 0 Å². The van der Waals surface area contributed by atoms with E-state index >= 15 is 0 Å². The molecule has 2 aromatic rings. The maximum Gasteiger partial charge on any atom is 0.241 e. The molecule has 1 aliphatic heterocycles. The number of hydrogen-bond donors (Lipinski definition) is 1. The monoisotopic (exact) mass is 287 g/mol. The third-order valence-electron chi connectivity index (χ3n) is 3.97. The van der Waals surface area contributed by atoms with Gasteiger partial charge in [-0.05, 0) is 18.3 Å². The average Bonchev–Trinajstić information content (AvgIpc) is 3.01. The second-order valence-corrected chi connectivity index (χ2v) is 6.13. The number of rotatable bonds is 3. The molecule has 1 fully saturated rings. The number of piperidine rings is 1. The molecule has 7 heteroatoms. The summed E-state index contributed by atoms with van der Waals surface area (Å²) >= 11 is 0. The van der Waals surface area contributed by atoms with E-state index in [1.54, 1.807) is 17.1 Å². The Hall–Kier alpha value is -2.18. The fourth-order valence-corrected chi connectivity index (χ4v) is 2.41. The summed E-state index contributed by atoms with van der Waals surface area (Å²) in [5.41, 5.74) is 0.405. The van der Waals surface area contributed by atoms with Crippen LogP contribution >= 0.6 is 0 Å². The van der Waals surface area contributed by atoms with Gasteiger partial charge in [0.1, 0.15) is 6.33 Å². The van der Waals surface area contributed by atoms with Gasteiger partial charge in [-0.2, -0.15) is 15.0 Å². The van der Waals surface area contributed by atoms with Crippen LogP contribution in [0.25, 0.3) is 5.95 Å². The molecule has 3 rings (SSSR count). The van der Waals surface area contributed by atoms with Crippen LogP contribution in [0.15, 0.2) is 18.7 Å². The largest absolute Gasteiger partial charge is 0.357 e. The van der Waals surface area contributed by atoms with Crippen LogP contribution in [0.2, 0.25) is 0 Å². The molecule has 3 heterocycles. The molecule has 21 heavy (non-hydrogen) atoms. The van der Waals surface area contributed by atoms with Crippen LogP contribution in [0.5, 0.6) is 0 Å². The van der Waals surface area contributed by atoms with Crippen molar-refractivity contribution in [3.8, 4) is 5.95 Å². The van der Waals surface area contributed by atoms with Crippen molar-refractivity contribution in [2.75, 3.05) is 30.4 Å². The van der Waals surface area contributed by atoms with Crippen molar-refractivity contribution >= 4 is 11.9 Å². The molecule has 7 nitrogen and oxygen atoms in total. The third-order valence-corrected chi connectivity index (χ3v) is 3.97. The smallest absolute Gasteiger partial charge is 0.241 e. The van der Waals surface area contributed by atoms with Crippen molar-refractivity contribution < 1.29 is 0 Å². The van der Waals surface area contributed by atoms with Gasteiger partial charge in [-0.25, -0.2) is 4.98 Å². The van der Waals surface area contributed by atoms with Crippen molar-refractivity contribution in [3.05, 3.63) is 18.7 Å². The minimum absolute atomic E-state index is 0.405. The van der Waals surface area contributed by atoms with Gasteiger partial charge >= 0.3 is 0 Å². The van der Waals surface area contributed by atoms with Crippen LogP contribution < -0.4 is 10.2 Å². The molecule has 0 aliphatic carbocycles. The summed E-state index contributed by atoms with van der Waals surface area (Å²) < 4.78 is 1.79. The molecule has 1 saturated heterocycles. The van der Waals surface area contributed by atoms with E-state index in [2.05, 4.69) is 44.0 Å². The standard InChI is InChI=1S/C14H21N7/c1-14(2)4-7-20(8-5-14)12-17-11(15-3)18-13(19-12)21-9-6-16-10-21/h6,9-10H,4-5,7-8H2,1-3H3,(H,15,17,18,19). The lowest BCUT2D eigenvalue weighted by molar-refractivity contribution is 0.278. The number of aromatic nitrogens is 5. The highest BCUT2D eigenvalue weighted by atomic mass is 15.3. The molecule has 0 amide bonds. The first-order valence-corrected chi connectivity index (χ1v) is 7.24. The first kappa shape index (κ1) is 13.8. The Labute approximate surface area is 124 Å². The minimum Gasteiger partial charge on any atom is -0.357 e. The zero-order chi connectivity index (χ0) is 14.9. The predicted molar refractivity (Wildman–Crippen MR) is 81.7 cm³/mol. The van der Waals surface area contributed by atoms with Crippen molar-refractivity contribution in [2.24, 2.45) is 5.41 Å². The summed E-state index contributed by atoms with van der Waals surface area (Å²) in [6.45, 7) is 6.58. The number of nitrogens with one attached hydrogen (secondary N) is 1. The zero-order valence-corrected chi connectivity index (χ0v) is 12.7. The van der Waals surface area contributed by atoms with Crippen LogP contribution in [0.3, 0.4) is 0 Å². The third kappa shape index (κ3) is 2.96. The van der Waals surface area contributed by atoms with Gasteiger partial charge in [-0.3, -0.25) is 4.57 Å². The Balaban J connectivity index is 1.90. The summed E-state index contributed by atoms with van der Waals surface area (Å²) in [4.78, 5) is 19.7. The summed E-state index contributed by atoms with van der Waals surface area (Å²) in [7, 11) is 1.82. The number of nitrogens with zero attached hydrogens (tertiary/aromatic N) is 6. The topological polar surface area (TPSA) is 71.8 Å². The van der Waals surface area contributed by atoms with Crippen molar-refractivity contribution in [3.63, 3.8) is 0 Å². The van der Waals surface area contributed by atoms with Crippen molar-refractivity contribution in [1.82, 2.24) is 24.5 Å². The maximum atomic E-state index is 4.58. The van der Waals surface area contributed by atoms with Crippen LogP contribution in [0, 0.1) is 5.41 Å². The van der Waals surface area contributed by atoms with Gasteiger partial charge < -0.3 is 10.2 Å². The molecule has 0 unspecified atom stereocenters. The van der Waals surface area contributed by atoms with E-state index < -0.39 is 0 Å². The van der Waals surface area contributed by atoms with Crippen molar-refractivity contribution in [1.29, 1.82) is 0 Å². The first-order valence-electron chi connectivity index (χ1n) is 7.24. The van der Waals surface area contributed by atoms with E-state index in [0.29, 0.717) is 17.3 Å². The Bertz CT molecular complexity index is 596. The summed E-state index contributed by atoms with van der Waals surface area (Å²) in [6, 6.07) is 0. The van der Waals surface area contributed by atoms with Gasteiger partial charge in [0.15, 0.2) is 0 Å². The van der Waals surface area contributed by atoms with Crippen LogP contribution in [-0.2, 0) is 0 Å². The molecular formula is C14H21N7. The van der Waals surface area contributed by atoms with Crippen molar-refractivity contribution in [2.45, 2.75) is 26.7 Å². The Morgan fingerprint density at radius 2 is 1.81 bits per heavy atom. The van der Waals surface area contributed by atoms with Gasteiger partial charge in [0.2, 0.25) is 17.8 Å². The molecule has 0 atom stereocenters. The summed E-state index contributed by atoms with van der Waals surface area (Å²) in [6.07, 6.45) is 7.53. The first-order chi connectivity index (χ1) is 10.1. The molecule has 0 spiro atoms. The van der Waals surface area contributed by atoms with E-state index in [4.69, 9.17) is 0 Å². The molecule has 1 N–H and O–H groups in total. The van der Waals surface area contributed by atoms with Crippen LogP contribution in [0.4, 0.5) is 11.9 Å². The van der Waals surface area contributed by atoms with E-state index in [0.717, 1.165) is 31.9 Å². The Kier molecular flexibility index (Phi) is 3.48. The highest BCUT2D eigenvalue weighted by Crippen LogP contribution is 2.31. The number of hydrogen-bond acceptors (Lipinski definition) is 6. The molecule has 1 aliphatic rings. The lowest BCUT2D eigenvalue weighted by Crippen LogP contribution is -2.38. The predicted octanol–water partition coefficient (Wildman–Crippen LogP) is 1.73. The summed E-state index contributed by atoms with van der Waals surface area (Å²) in [5.74, 6) is 1.90. The second-order valence-electron chi connectivity index (χ2n) is 6.13. The normalized spacial score (nSPS) is 17.8. The zero-order valence-electron chi connectivity index (χ0n) is 12.7. The molecule has 0 saturated carbocycles. The second kappa shape index (κ2) is 5.31. The highest BCUT2D eigenvalue weighted by molar-refractivity contribution is 5.40. The Morgan fingerprint density at radius 3 is 2.43 bits per heavy atom. The quantitative estimate of drug-likeness (QED) is 0.927. The lowest BCUT2D eigenvalue weighted by atomic mass is 9.83. The molecule has 0 aromatic carbocycles. The van der Waals surface area contributed by atoms with Gasteiger partial charge in [0.25, 0.3) is 0 Å². The maximum absolute atomic E-state index is 4.58. The van der Waals surface area contributed by atoms with Crippen LogP contribution in [0.1, 0.15) is 26.7 Å². The highest BCUT2D eigenvalue weighted by Gasteiger charge is 2.27. The molecule has 112 valence electrons. The lowest BCUT2D eigenvalue weighted by Gasteiger charge is -2.36. The average molecular weight is 287 g/mol. The van der Waals surface area contributed by atoms with E-state index in [1.165, 1.54) is 0 Å². The number of imidazole rings is 1. The van der Waals surface area contributed by atoms with E-state index in [-0.39, 0.29) is 0 Å². The Morgan fingerprint density at radius 1 is 1.10 bits per heavy atom.